The van der Waals surface area contributed by atoms with E-state index in [9.17, 15) is 13.6 Å². The molecule has 1 amide bonds. The molecule has 1 atom stereocenters. The molecule has 0 saturated carbocycles. The first kappa shape index (κ1) is 15.1. The number of halogens is 2. The van der Waals surface area contributed by atoms with Crippen molar-refractivity contribution in [2.45, 2.75) is 32.9 Å². The number of rotatable bonds is 5. The van der Waals surface area contributed by atoms with Gasteiger partial charge >= 0.3 is 0 Å². The molecule has 2 heterocycles. The zero-order valence-corrected chi connectivity index (χ0v) is 12.0. The SMILES string of the molecule is Cc1cc(C(F)F)nn1[C@H](C)C(=O)NCc1nccn1C. The van der Waals surface area contributed by atoms with E-state index in [1.54, 1.807) is 30.8 Å². The molecule has 0 bridgehead atoms. The first-order valence-corrected chi connectivity index (χ1v) is 6.48. The smallest absolute Gasteiger partial charge is 0.282 e. The first-order valence-electron chi connectivity index (χ1n) is 6.48. The largest absolute Gasteiger partial charge is 0.347 e. The predicted octanol–water partition coefficient (Wildman–Crippen LogP) is 1.74. The van der Waals surface area contributed by atoms with Gasteiger partial charge in [0.25, 0.3) is 6.43 Å². The molecule has 2 aromatic heterocycles. The monoisotopic (exact) mass is 297 g/mol. The van der Waals surface area contributed by atoms with Gasteiger partial charge in [-0.25, -0.2) is 13.8 Å². The fourth-order valence-electron chi connectivity index (χ4n) is 2.00. The van der Waals surface area contributed by atoms with Crippen LogP contribution in [0.25, 0.3) is 0 Å². The van der Waals surface area contributed by atoms with Gasteiger partial charge in [-0.2, -0.15) is 5.10 Å². The third kappa shape index (κ3) is 3.26. The number of amides is 1. The minimum atomic E-state index is -2.65. The summed E-state index contributed by atoms with van der Waals surface area (Å²) in [5.41, 5.74) is 0.196. The maximum atomic E-state index is 12.6. The quantitative estimate of drug-likeness (QED) is 0.914. The molecular formula is C13H17F2N5O. The molecule has 8 heteroatoms. The topological polar surface area (TPSA) is 64.7 Å². The Morgan fingerprint density at radius 1 is 1.48 bits per heavy atom. The van der Waals surface area contributed by atoms with Crippen LogP contribution in [0.15, 0.2) is 18.5 Å². The van der Waals surface area contributed by atoms with Crippen molar-refractivity contribution in [2.75, 3.05) is 0 Å². The molecule has 0 radical (unpaired) electrons. The maximum absolute atomic E-state index is 12.6. The van der Waals surface area contributed by atoms with Gasteiger partial charge in [-0.15, -0.1) is 0 Å². The van der Waals surface area contributed by atoms with Crippen molar-refractivity contribution >= 4 is 5.91 Å². The Balaban J connectivity index is 2.04. The molecule has 2 rings (SSSR count). The fraction of sp³-hybridized carbons (Fsp3) is 0.462. The molecule has 0 fully saturated rings. The van der Waals surface area contributed by atoms with E-state index in [0.717, 1.165) is 0 Å². The van der Waals surface area contributed by atoms with Crippen LogP contribution >= 0.6 is 0 Å². The summed E-state index contributed by atoms with van der Waals surface area (Å²) in [6.07, 6.45) is 0.766. The molecular weight excluding hydrogens is 280 g/mol. The predicted molar refractivity (Wildman–Crippen MR) is 71.7 cm³/mol. The van der Waals surface area contributed by atoms with Crippen molar-refractivity contribution in [2.24, 2.45) is 7.05 Å². The second kappa shape index (κ2) is 6.02. The van der Waals surface area contributed by atoms with Crippen molar-refractivity contribution in [3.05, 3.63) is 35.7 Å². The number of hydrogen-bond donors (Lipinski definition) is 1. The van der Waals surface area contributed by atoms with Crippen LogP contribution in [0.3, 0.4) is 0 Å². The van der Waals surface area contributed by atoms with Crippen molar-refractivity contribution in [3.63, 3.8) is 0 Å². The highest BCUT2D eigenvalue weighted by molar-refractivity contribution is 5.79. The zero-order chi connectivity index (χ0) is 15.6. The lowest BCUT2D eigenvalue weighted by Gasteiger charge is -2.14. The summed E-state index contributed by atoms with van der Waals surface area (Å²) in [6, 6.07) is 0.616. The standard InChI is InChI=1S/C13H17F2N5O/c1-8-6-10(12(14)15)18-20(8)9(2)13(21)17-7-11-16-4-5-19(11)3/h4-6,9,12H,7H2,1-3H3,(H,17,21)/t9-/m1/s1. The number of aromatic nitrogens is 4. The number of nitrogens with zero attached hydrogens (tertiary/aromatic N) is 4. The number of carbonyl (C=O) groups excluding carboxylic acids is 1. The van der Waals surface area contributed by atoms with Gasteiger partial charge in [0.1, 0.15) is 17.6 Å². The Morgan fingerprint density at radius 3 is 2.71 bits per heavy atom. The maximum Gasteiger partial charge on any atom is 0.282 e. The summed E-state index contributed by atoms with van der Waals surface area (Å²) in [5, 5.41) is 6.50. The number of imidazole rings is 1. The molecule has 21 heavy (non-hydrogen) atoms. The van der Waals surface area contributed by atoms with Crippen LogP contribution in [0, 0.1) is 6.92 Å². The van der Waals surface area contributed by atoms with Gasteiger partial charge in [-0.3, -0.25) is 9.48 Å². The van der Waals surface area contributed by atoms with E-state index in [0.29, 0.717) is 11.5 Å². The fourth-order valence-corrected chi connectivity index (χ4v) is 2.00. The van der Waals surface area contributed by atoms with E-state index < -0.39 is 12.5 Å². The highest BCUT2D eigenvalue weighted by atomic mass is 19.3. The van der Waals surface area contributed by atoms with Crippen molar-refractivity contribution in [1.29, 1.82) is 0 Å². The van der Waals surface area contributed by atoms with E-state index in [-0.39, 0.29) is 18.1 Å². The Bertz CT molecular complexity index is 634. The lowest BCUT2D eigenvalue weighted by molar-refractivity contribution is -0.124. The molecule has 114 valence electrons. The van der Waals surface area contributed by atoms with E-state index in [4.69, 9.17) is 0 Å². The first-order chi connectivity index (χ1) is 9.90. The van der Waals surface area contributed by atoms with E-state index in [1.807, 2.05) is 7.05 Å². The summed E-state index contributed by atoms with van der Waals surface area (Å²) >= 11 is 0. The molecule has 2 aromatic rings. The normalized spacial score (nSPS) is 12.7. The van der Waals surface area contributed by atoms with Crippen molar-refractivity contribution in [3.8, 4) is 0 Å². The van der Waals surface area contributed by atoms with Gasteiger partial charge in [-0.1, -0.05) is 0 Å². The zero-order valence-electron chi connectivity index (χ0n) is 12.0. The van der Waals surface area contributed by atoms with Crippen LogP contribution in [0.2, 0.25) is 0 Å². The molecule has 1 N–H and O–H groups in total. The highest BCUT2D eigenvalue weighted by Crippen LogP contribution is 2.20. The molecule has 0 spiro atoms. The summed E-state index contributed by atoms with van der Waals surface area (Å²) in [7, 11) is 1.82. The molecule has 0 aliphatic carbocycles. The number of alkyl halides is 2. The second-order valence-corrected chi connectivity index (χ2v) is 4.80. The molecule has 0 saturated heterocycles. The lowest BCUT2D eigenvalue weighted by Crippen LogP contribution is -2.32. The number of nitrogens with one attached hydrogen (secondary N) is 1. The summed E-state index contributed by atoms with van der Waals surface area (Å²) in [5.74, 6) is 0.408. The van der Waals surface area contributed by atoms with Gasteiger partial charge in [0.15, 0.2) is 0 Å². The molecule has 0 aromatic carbocycles. The minimum Gasteiger partial charge on any atom is -0.347 e. The van der Waals surface area contributed by atoms with Gasteiger partial charge in [0.2, 0.25) is 5.91 Å². The summed E-state index contributed by atoms with van der Waals surface area (Å²) in [6.45, 7) is 3.53. The number of hydrogen-bond acceptors (Lipinski definition) is 3. The van der Waals surface area contributed by atoms with Gasteiger partial charge < -0.3 is 9.88 Å². The van der Waals surface area contributed by atoms with Gasteiger partial charge in [0, 0.05) is 25.1 Å². The van der Waals surface area contributed by atoms with E-state index in [1.165, 1.54) is 10.7 Å². The molecule has 0 unspecified atom stereocenters. The van der Waals surface area contributed by atoms with Crippen LogP contribution in [0.5, 0.6) is 0 Å². The number of carbonyl (C=O) groups is 1. The van der Waals surface area contributed by atoms with Crippen molar-refractivity contribution < 1.29 is 13.6 Å². The van der Waals surface area contributed by atoms with Crippen LogP contribution in [0.1, 0.15) is 36.6 Å². The minimum absolute atomic E-state index is 0.273. The molecule has 0 aliphatic heterocycles. The Morgan fingerprint density at radius 2 is 2.19 bits per heavy atom. The summed E-state index contributed by atoms with van der Waals surface area (Å²) in [4.78, 5) is 16.2. The average molecular weight is 297 g/mol. The third-order valence-electron chi connectivity index (χ3n) is 3.25. The average Bonchev–Trinajstić information content (AvgIpc) is 3.01. The lowest BCUT2D eigenvalue weighted by atomic mass is 10.3. The Labute approximate surface area is 120 Å². The highest BCUT2D eigenvalue weighted by Gasteiger charge is 2.21. The van der Waals surface area contributed by atoms with Crippen LogP contribution in [-0.2, 0) is 18.4 Å². The molecule has 6 nitrogen and oxygen atoms in total. The van der Waals surface area contributed by atoms with E-state index >= 15 is 0 Å². The van der Waals surface area contributed by atoms with Gasteiger partial charge in [-0.05, 0) is 19.9 Å². The van der Waals surface area contributed by atoms with Crippen LogP contribution in [0.4, 0.5) is 8.78 Å². The molecule has 0 aliphatic rings. The van der Waals surface area contributed by atoms with Crippen LogP contribution < -0.4 is 5.32 Å². The van der Waals surface area contributed by atoms with Crippen LogP contribution in [-0.4, -0.2) is 25.2 Å². The second-order valence-electron chi connectivity index (χ2n) is 4.80. The van der Waals surface area contributed by atoms with Crippen molar-refractivity contribution in [1.82, 2.24) is 24.6 Å². The Kier molecular flexibility index (Phi) is 4.35. The van der Waals surface area contributed by atoms with Gasteiger partial charge in [0.05, 0.1) is 6.54 Å². The Hall–Kier alpha value is -2.25. The summed E-state index contributed by atoms with van der Waals surface area (Å²) < 4.78 is 28.3. The number of aryl methyl sites for hydroxylation is 2. The van der Waals surface area contributed by atoms with E-state index in [2.05, 4.69) is 15.4 Å². The third-order valence-corrected chi connectivity index (χ3v) is 3.25.